The van der Waals surface area contributed by atoms with Crippen LogP contribution in [0.25, 0.3) is 0 Å². The number of amides is 1. The molecule has 1 aliphatic rings. The van der Waals surface area contributed by atoms with Gasteiger partial charge in [0.05, 0.1) is 0 Å². The van der Waals surface area contributed by atoms with E-state index < -0.39 is 5.97 Å². The molecule has 0 aliphatic heterocycles. The van der Waals surface area contributed by atoms with Gasteiger partial charge in [-0.1, -0.05) is 26.2 Å². The number of carbonyl (C=O) groups is 2. The first kappa shape index (κ1) is 13.0. The zero-order valence-electron chi connectivity index (χ0n) is 9.87. The molecule has 1 fully saturated rings. The summed E-state index contributed by atoms with van der Waals surface area (Å²) in [6, 6.07) is 0.318. The van der Waals surface area contributed by atoms with Gasteiger partial charge in [0.15, 0.2) is 0 Å². The van der Waals surface area contributed by atoms with Crippen LogP contribution in [0.1, 0.15) is 51.9 Å². The highest BCUT2D eigenvalue weighted by Crippen LogP contribution is 2.18. The van der Waals surface area contributed by atoms with Crippen LogP contribution in [0.3, 0.4) is 0 Å². The van der Waals surface area contributed by atoms with E-state index in [4.69, 9.17) is 5.11 Å². The third kappa shape index (κ3) is 5.14. The smallest absolute Gasteiger partial charge is 0.303 e. The second kappa shape index (κ2) is 6.51. The molecule has 0 aromatic rings. The first-order valence-electron chi connectivity index (χ1n) is 6.09. The Bertz CT molecular complexity index is 247. The lowest BCUT2D eigenvalue weighted by Gasteiger charge is -2.23. The van der Waals surface area contributed by atoms with Crippen LogP contribution in [0.2, 0.25) is 0 Å². The molecule has 0 radical (unpaired) electrons. The number of aliphatic carboxylic acids is 1. The van der Waals surface area contributed by atoms with Crippen LogP contribution < -0.4 is 5.32 Å². The molecule has 0 aromatic carbocycles. The summed E-state index contributed by atoms with van der Waals surface area (Å²) in [6.07, 6.45) is 6.17. The normalized spacial score (nSPS) is 19.1. The third-order valence-electron chi connectivity index (χ3n) is 3.03. The first-order valence-corrected chi connectivity index (χ1v) is 6.09. The molecule has 2 N–H and O–H groups in total. The van der Waals surface area contributed by atoms with Gasteiger partial charge in [0, 0.05) is 18.9 Å². The number of hydrogen-bond donors (Lipinski definition) is 2. The SMILES string of the molecule is C[C@H](CC(=O)O)CC(=O)NC1CCCCC1. The molecule has 1 saturated carbocycles. The molecule has 0 bridgehead atoms. The lowest BCUT2D eigenvalue weighted by molar-refractivity contribution is -0.138. The summed E-state index contributed by atoms with van der Waals surface area (Å²) in [6.45, 7) is 1.80. The van der Waals surface area contributed by atoms with E-state index in [9.17, 15) is 9.59 Å². The number of carboxylic acid groups (broad SMARTS) is 1. The van der Waals surface area contributed by atoms with E-state index in [1.807, 2.05) is 0 Å². The Morgan fingerprint density at radius 1 is 1.25 bits per heavy atom. The van der Waals surface area contributed by atoms with Crippen molar-refractivity contribution in [1.82, 2.24) is 5.32 Å². The molecule has 0 saturated heterocycles. The monoisotopic (exact) mass is 227 g/mol. The van der Waals surface area contributed by atoms with Crippen LogP contribution in [0.4, 0.5) is 0 Å². The number of nitrogens with one attached hydrogen (secondary N) is 1. The van der Waals surface area contributed by atoms with E-state index in [0.717, 1.165) is 12.8 Å². The fraction of sp³-hybridized carbons (Fsp3) is 0.833. The fourth-order valence-corrected chi connectivity index (χ4v) is 2.22. The Kier molecular flexibility index (Phi) is 5.29. The van der Waals surface area contributed by atoms with Gasteiger partial charge < -0.3 is 10.4 Å². The molecule has 0 aromatic heterocycles. The van der Waals surface area contributed by atoms with E-state index in [2.05, 4.69) is 5.32 Å². The summed E-state index contributed by atoms with van der Waals surface area (Å²) >= 11 is 0. The van der Waals surface area contributed by atoms with Crippen molar-refractivity contribution >= 4 is 11.9 Å². The second-order valence-corrected chi connectivity index (χ2v) is 4.81. The van der Waals surface area contributed by atoms with Crippen LogP contribution in [-0.4, -0.2) is 23.0 Å². The molecule has 0 unspecified atom stereocenters. The molecule has 92 valence electrons. The number of carbonyl (C=O) groups excluding carboxylic acids is 1. The van der Waals surface area contributed by atoms with Gasteiger partial charge in [0.1, 0.15) is 0 Å². The van der Waals surface area contributed by atoms with Crippen molar-refractivity contribution in [1.29, 1.82) is 0 Å². The van der Waals surface area contributed by atoms with Gasteiger partial charge in [-0.3, -0.25) is 9.59 Å². The zero-order valence-corrected chi connectivity index (χ0v) is 9.87. The van der Waals surface area contributed by atoms with Gasteiger partial charge in [-0.15, -0.1) is 0 Å². The van der Waals surface area contributed by atoms with Crippen molar-refractivity contribution in [3.63, 3.8) is 0 Å². The Morgan fingerprint density at radius 2 is 1.88 bits per heavy atom. The maximum atomic E-state index is 11.6. The third-order valence-corrected chi connectivity index (χ3v) is 3.03. The van der Waals surface area contributed by atoms with Crippen LogP contribution in [0.15, 0.2) is 0 Å². The average Bonchev–Trinajstić information content (AvgIpc) is 2.17. The minimum atomic E-state index is -0.835. The highest BCUT2D eigenvalue weighted by Gasteiger charge is 2.18. The summed E-state index contributed by atoms with van der Waals surface area (Å²) in [5, 5.41) is 11.6. The molecule has 1 aliphatic carbocycles. The molecule has 4 heteroatoms. The Morgan fingerprint density at radius 3 is 2.44 bits per heavy atom. The minimum Gasteiger partial charge on any atom is -0.481 e. The predicted molar refractivity (Wildman–Crippen MR) is 61.0 cm³/mol. The van der Waals surface area contributed by atoms with Crippen molar-refractivity contribution in [3.05, 3.63) is 0 Å². The zero-order chi connectivity index (χ0) is 12.0. The summed E-state index contributed by atoms with van der Waals surface area (Å²) in [5.41, 5.74) is 0. The first-order chi connectivity index (χ1) is 7.58. The fourth-order valence-electron chi connectivity index (χ4n) is 2.22. The predicted octanol–water partition coefficient (Wildman–Crippen LogP) is 1.94. The van der Waals surface area contributed by atoms with E-state index in [-0.39, 0.29) is 18.2 Å². The topological polar surface area (TPSA) is 66.4 Å². The van der Waals surface area contributed by atoms with E-state index in [0.29, 0.717) is 12.5 Å². The molecule has 1 atom stereocenters. The van der Waals surface area contributed by atoms with Crippen LogP contribution in [0, 0.1) is 5.92 Å². The summed E-state index contributed by atoms with van der Waals surface area (Å²) in [4.78, 5) is 22.0. The highest BCUT2D eigenvalue weighted by atomic mass is 16.4. The van der Waals surface area contributed by atoms with Crippen molar-refractivity contribution in [2.24, 2.45) is 5.92 Å². The van der Waals surface area contributed by atoms with Crippen LogP contribution in [0.5, 0.6) is 0 Å². The van der Waals surface area contributed by atoms with Crippen LogP contribution >= 0.6 is 0 Å². The van der Waals surface area contributed by atoms with Gasteiger partial charge in [-0.05, 0) is 18.8 Å². The van der Waals surface area contributed by atoms with E-state index in [1.165, 1.54) is 19.3 Å². The van der Waals surface area contributed by atoms with Crippen LogP contribution in [-0.2, 0) is 9.59 Å². The average molecular weight is 227 g/mol. The molecule has 16 heavy (non-hydrogen) atoms. The van der Waals surface area contributed by atoms with Gasteiger partial charge >= 0.3 is 5.97 Å². The maximum Gasteiger partial charge on any atom is 0.303 e. The van der Waals surface area contributed by atoms with Crippen molar-refractivity contribution in [2.75, 3.05) is 0 Å². The summed E-state index contributed by atoms with van der Waals surface area (Å²) in [5.74, 6) is -0.917. The molecule has 1 rings (SSSR count). The van der Waals surface area contributed by atoms with Gasteiger partial charge in [-0.2, -0.15) is 0 Å². The summed E-state index contributed by atoms with van der Waals surface area (Å²) < 4.78 is 0. The maximum absolute atomic E-state index is 11.6. The van der Waals surface area contributed by atoms with Crippen molar-refractivity contribution < 1.29 is 14.7 Å². The van der Waals surface area contributed by atoms with Gasteiger partial charge in [-0.25, -0.2) is 0 Å². The minimum absolute atomic E-state index is 0.000602. The summed E-state index contributed by atoms with van der Waals surface area (Å²) in [7, 11) is 0. The van der Waals surface area contributed by atoms with Gasteiger partial charge in [0.25, 0.3) is 0 Å². The highest BCUT2D eigenvalue weighted by molar-refractivity contribution is 5.77. The molecular formula is C12H21NO3. The van der Waals surface area contributed by atoms with E-state index in [1.54, 1.807) is 6.92 Å². The Balaban J connectivity index is 2.21. The Labute approximate surface area is 96.4 Å². The largest absolute Gasteiger partial charge is 0.481 e. The number of carboxylic acids is 1. The number of hydrogen-bond acceptors (Lipinski definition) is 2. The standard InChI is InChI=1S/C12H21NO3/c1-9(8-12(15)16)7-11(14)13-10-5-3-2-4-6-10/h9-10H,2-8H2,1H3,(H,13,14)(H,15,16)/t9-/m0/s1. The lowest BCUT2D eigenvalue weighted by atomic mass is 9.95. The van der Waals surface area contributed by atoms with Gasteiger partial charge in [0.2, 0.25) is 5.91 Å². The quantitative estimate of drug-likeness (QED) is 0.754. The number of rotatable bonds is 5. The molecule has 1 amide bonds. The van der Waals surface area contributed by atoms with Crippen molar-refractivity contribution in [2.45, 2.75) is 57.9 Å². The molecule has 4 nitrogen and oxygen atoms in total. The Hall–Kier alpha value is -1.06. The molecular weight excluding hydrogens is 206 g/mol. The van der Waals surface area contributed by atoms with Crippen molar-refractivity contribution in [3.8, 4) is 0 Å². The lowest BCUT2D eigenvalue weighted by Crippen LogP contribution is -2.36. The molecule has 0 spiro atoms. The van der Waals surface area contributed by atoms with E-state index >= 15 is 0 Å². The molecule has 0 heterocycles. The second-order valence-electron chi connectivity index (χ2n) is 4.81.